The van der Waals surface area contributed by atoms with Crippen molar-refractivity contribution in [2.75, 3.05) is 19.5 Å². The third-order valence-corrected chi connectivity index (χ3v) is 4.47. The number of halogens is 2. The van der Waals surface area contributed by atoms with E-state index in [2.05, 4.69) is 10.1 Å². The van der Waals surface area contributed by atoms with Crippen LogP contribution in [0.15, 0.2) is 72.3 Å². The molecule has 0 bridgehead atoms. The smallest absolute Gasteiger partial charge is 0.387 e. The maximum absolute atomic E-state index is 12.8. The standard InChI is InChI=1S/C25H20F2N2O5/c1-31-21-13-16(14-22(32-2)23(21)34-25(26)27)12-17(15-28)24(30)29-19-10-6-7-11-20(19)33-18-8-4-3-5-9-18/h3-14,25H,1-2H3,(H,29,30)/b17-12+. The van der Waals surface area contributed by atoms with Gasteiger partial charge < -0.3 is 24.3 Å². The fourth-order valence-electron chi connectivity index (χ4n) is 2.97. The van der Waals surface area contributed by atoms with Crippen molar-refractivity contribution < 1.29 is 32.5 Å². The molecule has 174 valence electrons. The van der Waals surface area contributed by atoms with E-state index in [1.807, 2.05) is 24.3 Å². The molecule has 1 amide bonds. The van der Waals surface area contributed by atoms with Gasteiger partial charge in [-0.2, -0.15) is 14.0 Å². The first-order chi connectivity index (χ1) is 16.4. The number of carbonyl (C=O) groups is 1. The Labute approximate surface area is 194 Å². The van der Waals surface area contributed by atoms with Gasteiger partial charge in [-0.15, -0.1) is 0 Å². The average molecular weight is 466 g/mol. The number of hydrogen-bond acceptors (Lipinski definition) is 6. The van der Waals surface area contributed by atoms with E-state index in [-0.39, 0.29) is 22.8 Å². The summed E-state index contributed by atoms with van der Waals surface area (Å²) in [6.45, 7) is -3.09. The number of nitriles is 1. The molecule has 0 aliphatic heterocycles. The minimum atomic E-state index is -3.09. The summed E-state index contributed by atoms with van der Waals surface area (Å²) in [5.74, 6) is -0.137. The minimum absolute atomic E-state index is 0.0507. The lowest BCUT2D eigenvalue weighted by Gasteiger charge is -2.15. The van der Waals surface area contributed by atoms with Crippen LogP contribution in [0.2, 0.25) is 0 Å². The molecule has 0 aromatic heterocycles. The number of nitrogens with zero attached hydrogens (tertiary/aromatic N) is 1. The van der Waals surface area contributed by atoms with Crippen LogP contribution in [0, 0.1) is 11.3 Å². The van der Waals surface area contributed by atoms with Crippen LogP contribution in [-0.2, 0) is 4.79 Å². The van der Waals surface area contributed by atoms with Gasteiger partial charge in [0.15, 0.2) is 17.2 Å². The molecule has 0 aliphatic carbocycles. The Hall–Kier alpha value is -4.58. The number of ether oxygens (including phenoxy) is 4. The summed E-state index contributed by atoms with van der Waals surface area (Å²) in [4.78, 5) is 12.8. The van der Waals surface area contributed by atoms with E-state index in [9.17, 15) is 18.8 Å². The summed E-state index contributed by atoms with van der Waals surface area (Å²) in [6, 6.07) is 20.3. The van der Waals surface area contributed by atoms with Crippen molar-refractivity contribution in [1.82, 2.24) is 0 Å². The molecule has 3 aromatic carbocycles. The third kappa shape index (κ3) is 6.01. The van der Waals surface area contributed by atoms with Crippen LogP contribution in [-0.4, -0.2) is 26.7 Å². The molecule has 34 heavy (non-hydrogen) atoms. The van der Waals surface area contributed by atoms with E-state index in [1.54, 1.807) is 36.4 Å². The van der Waals surface area contributed by atoms with Gasteiger partial charge in [-0.1, -0.05) is 30.3 Å². The highest BCUT2D eigenvalue weighted by atomic mass is 19.3. The van der Waals surface area contributed by atoms with E-state index < -0.39 is 12.5 Å². The number of nitrogens with one attached hydrogen (secondary N) is 1. The molecule has 0 atom stereocenters. The lowest BCUT2D eigenvalue weighted by Crippen LogP contribution is -2.14. The molecule has 0 unspecified atom stereocenters. The number of amides is 1. The zero-order valence-corrected chi connectivity index (χ0v) is 18.2. The Bertz CT molecular complexity index is 1200. The number of methoxy groups -OCH3 is 2. The zero-order valence-electron chi connectivity index (χ0n) is 18.2. The Morgan fingerprint density at radius 1 is 0.971 bits per heavy atom. The lowest BCUT2D eigenvalue weighted by atomic mass is 10.1. The second-order valence-electron chi connectivity index (χ2n) is 6.67. The molecule has 0 spiro atoms. The molecular formula is C25H20F2N2O5. The quantitative estimate of drug-likeness (QED) is 0.324. The van der Waals surface area contributed by atoms with Crippen molar-refractivity contribution in [3.8, 4) is 34.8 Å². The van der Waals surface area contributed by atoms with Crippen molar-refractivity contribution >= 4 is 17.7 Å². The molecule has 1 N–H and O–H groups in total. The summed E-state index contributed by atoms with van der Waals surface area (Å²) in [7, 11) is 2.53. The van der Waals surface area contributed by atoms with Gasteiger partial charge in [0.1, 0.15) is 17.4 Å². The molecule has 3 aromatic rings. The number of carbonyl (C=O) groups excluding carboxylic acids is 1. The molecule has 3 rings (SSSR count). The number of alkyl halides is 2. The topological polar surface area (TPSA) is 89.8 Å². The second-order valence-corrected chi connectivity index (χ2v) is 6.67. The van der Waals surface area contributed by atoms with Crippen LogP contribution in [0.5, 0.6) is 28.7 Å². The summed E-state index contributed by atoms with van der Waals surface area (Å²) in [6.07, 6.45) is 1.27. The number of hydrogen-bond donors (Lipinski definition) is 1. The van der Waals surface area contributed by atoms with Crippen LogP contribution in [0.1, 0.15) is 5.56 Å². The first-order valence-corrected chi connectivity index (χ1v) is 9.91. The number of rotatable bonds is 9. The van der Waals surface area contributed by atoms with Gasteiger partial charge in [-0.3, -0.25) is 4.79 Å². The predicted molar refractivity (Wildman–Crippen MR) is 121 cm³/mol. The van der Waals surface area contributed by atoms with Gasteiger partial charge in [0.2, 0.25) is 5.75 Å². The van der Waals surface area contributed by atoms with Gasteiger partial charge in [0.25, 0.3) is 5.91 Å². The summed E-state index contributed by atoms with van der Waals surface area (Å²) in [5.41, 5.74) is 0.408. The van der Waals surface area contributed by atoms with Gasteiger partial charge in [-0.25, -0.2) is 0 Å². The van der Waals surface area contributed by atoms with Crippen LogP contribution in [0.3, 0.4) is 0 Å². The summed E-state index contributed by atoms with van der Waals surface area (Å²) >= 11 is 0. The van der Waals surface area contributed by atoms with E-state index >= 15 is 0 Å². The molecule has 0 saturated heterocycles. The van der Waals surface area contributed by atoms with Crippen LogP contribution in [0.25, 0.3) is 6.08 Å². The lowest BCUT2D eigenvalue weighted by molar-refractivity contribution is -0.112. The van der Waals surface area contributed by atoms with Crippen molar-refractivity contribution in [3.63, 3.8) is 0 Å². The fraction of sp³-hybridized carbons (Fsp3) is 0.120. The van der Waals surface area contributed by atoms with Gasteiger partial charge >= 0.3 is 6.61 Å². The molecule has 7 nitrogen and oxygen atoms in total. The molecule has 0 radical (unpaired) electrons. The van der Waals surface area contributed by atoms with Crippen molar-refractivity contribution in [2.45, 2.75) is 6.61 Å². The monoisotopic (exact) mass is 466 g/mol. The highest BCUT2D eigenvalue weighted by Gasteiger charge is 2.19. The average Bonchev–Trinajstić information content (AvgIpc) is 2.84. The summed E-state index contributed by atoms with van der Waals surface area (Å²) < 4.78 is 46.0. The van der Waals surface area contributed by atoms with Crippen LogP contribution in [0.4, 0.5) is 14.5 Å². The fourth-order valence-corrected chi connectivity index (χ4v) is 2.97. The number of para-hydroxylation sites is 3. The van der Waals surface area contributed by atoms with E-state index in [0.29, 0.717) is 22.7 Å². The van der Waals surface area contributed by atoms with E-state index in [1.165, 1.54) is 32.4 Å². The predicted octanol–water partition coefficient (Wildman–Crippen LogP) is 5.64. The highest BCUT2D eigenvalue weighted by molar-refractivity contribution is 6.10. The normalized spacial score (nSPS) is 10.9. The maximum Gasteiger partial charge on any atom is 0.387 e. The van der Waals surface area contributed by atoms with Crippen molar-refractivity contribution in [1.29, 1.82) is 5.26 Å². The SMILES string of the molecule is COc1cc(/C=C(\C#N)C(=O)Nc2ccccc2Oc2ccccc2)cc(OC)c1OC(F)F. The largest absolute Gasteiger partial charge is 0.493 e. The van der Waals surface area contributed by atoms with E-state index in [0.717, 1.165) is 0 Å². The first-order valence-electron chi connectivity index (χ1n) is 9.91. The second kappa shape index (κ2) is 11.3. The van der Waals surface area contributed by atoms with Crippen molar-refractivity contribution in [2.24, 2.45) is 0 Å². The Balaban J connectivity index is 1.88. The molecule has 9 heteroatoms. The van der Waals surface area contributed by atoms with Gasteiger partial charge in [-0.05, 0) is 48.0 Å². The van der Waals surface area contributed by atoms with Crippen LogP contribution >= 0.6 is 0 Å². The minimum Gasteiger partial charge on any atom is -0.493 e. The Morgan fingerprint density at radius 2 is 1.59 bits per heavy atom. The molecule has 0 fully saturated rings. The van der Waals surface area contributed by atoms with E-state index in [4.69, 9.17) is 14.2 Å². The molecule has 0 heterocycles. The van der Waals surface area contributed by atoms with Gasteiger partial charge in [0.05, 0.1) is 19.9 Å². The Kier molecular flexibility index (Phi) is 8.02. The van der Waals surface area contributed by atoms with Crippen LogP contribution < -0.4 is 24.3 Å². The zero-order chi connectivity index (χ0) is 24.5. The first kappa shape index (κ1) is 24.1. The maximum atomic E-state index is 12.8. The number of benzene rings is 3. The van der Waals surface area contributed by atoms with Gasteiger partial charge in [0, 0.05) is 0 Å². The third-order valence-electron chi connectivity index (χ3n) is 4.47. The Morgan fingerprint density at radius 3 is 2.18 bits per heavy atom. The highest BCUT2D eigenvalue weighted by Crippen LogP contribution is 2.40. The van der Waals surface area contributed by atoms with Crippen molar-refractivity contribution in [3.05, 3.63) is 77.9 Å². The number of anilines is 1. The molecule has 0 saturated carbocycles. The molecular weight excluding hydrogens is 446 g/mol. The molecule has 0 aliphatic rings. The summed E-state index contributed by atoms with van der Waals surface area (Å²) in [5, 5.41) is 12.2.